The van der Waals surface area contributed by atoms with Crippen molar-refractivity contribution in [1.29, 1.82) is 0 Å². The fourth-order valence-electron chi connectivity index (χ4n) is 1.01. The van der Waals surface area contributed by atoms with Crippen molar-refractivity contribution in [3.8, 4) is 0 Å². The third-order valence-corrected chi connectivity index (χ3v) is 3.41. The number of nitrogens with one attached hydrogen (secondary N) is 1. The molecular formula is C9H12BrNOS. The van der Waals surface area contributed by atoms with Crippen molar-refractivity contribution in [2.75, 3.05) is 13.6 Å². The van der Waals surface area contributed by atoms with E-state index in [1.54, 1.807) is 0 Å². The predicted molar refractivity (Wildman–Crippen MR) is 59.5 cm³/mol. The Labute approximate surface area is 90.5 Å². The minimum Gasteiger partial charge on any atom is -0.320 e. The first-order valence-corrected chi connectivity index (χ1v) is 5.83. The molecule has 1 heterocycles. The molecule has 0 saturated heterocycles. The molecule has 0 spiro atoms. The van der Waals surface area contributed by atoms with Crippen molar-refractivity contribution in [3.63, 3.8) is 0 Å². The largest absolute Gasteiger partial charge is 0.320 e. The Balaban J connectivity index is 2.40. The van der Waals surface area contributed by atoms with Gasteiger partial charge in [0.15, 0.2) is 5.78 Å². The average molecular weight is 262 g/mol. The summed E-state index contributed by atoms with van der Waals surface area (Å²) in [4.78, 5) is 12.3. The van der Waals surface area contributed by atoms with Gasteiger partial charge in [0.2, 0.25) is 0 Å². The van der Waals surface area contributed by atoms with E-state index < -0.39 is 0 Å². The molecule has 0 radical (unpaired) electrons. The van der Waals surface area contributed by atoms with Gasteiger partial charge >= 0.3 is 0 Å². The normalized spacial score (nSPS) is 10.3. The first-order valence-electron chi connectivity index (χ1n) is 4.16. The lowest BCUT2D eigenvalue weighted by Crippen LogP contribution is -2.09. The molecule has 0 fully saturated rings. The molecule has 72 valence electrons. The smallest absolute Gasteiger partial charge is 0.172 e. The van der Waals surface area contributed by atoms with Crippen molar-refractivity contribution in [1.82, 2.24) is 5.32 Å². The van der Waals surface area contributed by atoms with Gasteiger partial charge in [-0.2, -0.15) is 0 Å². The van der Waals surface area contributed by atoms with E-state index in [1.807, 2.05) is 18.5 Å². The maximum atomic E-state index is 11.5. The fraction of sp³-hybridized carbons (Fsp3) is 0.444. The zero-order chi connectivity index (χ0) is 9.68. The average Bonchev–Trinajstić information content (AvgIpc) is 2.52. The summed E-state index contributed by atoms with van der Waals surface area (Å²) in [6, 6.07) is 1.88. The maximum absolute atomic E-state index is 11.5. The Morgan fingerprint density at radius 2 is 2.46 bits per heavy atom. The molecule has 0 aromatic carbocycles. The van der Waals surface area contributed by atoms with Gasteiger partial charge in [-0.25, -0.2) is 0 Å². The van der Waals surface area contributed by atoms with Gasteiger partial charge in [0.25, 0.3) is 0 Å². The Hall–Kier alpha value is -0.190. The summed E-state index contributed by atoms with van der Waals surface area (Å²) < 4.78 is 0.995. The molecule has 1 rings (SSSR count). The van der Waals surface area contributed by atoms with Gasteiger partial charge in [0.1, 0.15) is 0 Å². The van der Waals surface area contributed by atoms with Crippen LogP contribution in [0.5, 0.6) is 0 Å². The molecule has 0 aliphatic rings. The van der Waals surface area contributed by atoms with Gasteiger partial charge < -0.3 is 5.32 Å². The second-order valence-electron chi connectivity index (χ2n) is 2.76. The molecule has 1 aromatic heterocycles. The summed E-state index contributed by atoms with van der Waals surface area (Å²) >= 11 is 4.83. The molecule has 1 N–H and O–H groups in total. The second kappa shape index (κ2) is 5.52. The number of hydrogen-bond acceptors (Lipinski definition) is 3. The van der Waals surface area contributed by atoms with Gasteiger partial charge in [0, 0.05) is 16.3 Å². The number of halogens is 1. The van der Waals surface area contributed by atoms with Crippen LogP contribution in [0.1, 0.15) is 22.5 Å². The lowest BCUT2D eigenvalue weighted by molar-refractivity contribution is 0.0984. The summed E-state index contributed by atoms with van der Waals surface area (Å²) in [5, 5.41) is 4.96. The zero-order valence-corrected chi connectivity index (χ0v) is 9.87. The Bertz CT molecular complexity index is 285. The maximum Gasteiger partial charge on any atom is 0.172 e. The number of carbonyl (C=O) groups excluding carboxylic acids is 1. The number of Topliss-reactive ketones (excluding diaryl/α,β-unsaturated/α-hetero) is 1. The Morgan fingerprint density at radius 3 is 3.00 bits per heavy atom. The molecule has 0 bridgehead atoms. The zero-order valence-electron chi connectivity index (χ0n) is 7.47. The van der Waals surface area contributed by atoms with E-state index in [4.69, 9.17) is 0 Å². The highest BCUT2D eigenvalue weighted by Crippen LogP contribution is 2.21. The lowest BCUT2D eigenvalue weighted by Gasteiger charge is -1.97. The van der Waals surface area contributed by atoms with Crippen molar-refractivity contribution in [3.05, 3.63) is 20.8 Å². The number of thiophene rings is 1. The second-order valence-corrected chi connectivity index (χ2v) is 4.59. The van der Waals surface area contributed by atoms with Gasteiger partial charge in [-0.3, -0.25) is 4.79 Å². The highest BCUT2D eigenvalue weighted by Gasteiger charge is 2.07. The summed E-state index contributed by atoms with van der Waals surface area (Å²) in [6.45, 7) is 0.901. The third-order valence-electron chi connectivity index (χ3n) is 1.67. The van der Waals surface area contributed by atoms with Crippen LogP contribution in [0.3, 0.4) is 0 Å². The van der Waals surface area contributed by atoms with Crippen molar-refractivity contribution in [2.24, 2.45) is 0 Å². The molecule has 0 saturated carbocycles. The fourth-order valence-corrected chi connectivity index (χ4v) is 2.41. The van der Waals surface area contributed by atoms with Crippen LogP contribution in [-0.2, 0) is 0 Å². The number of hydrogen-bond donors (Lipinski definition) is 1. The van der Waals surface area contributed by atoms with E-state index in [0.29, 0.717) is 6.42 Å². The van der Waals surface area contributed by atoms with E-state index in [2.05, 4.69) is 21.2 Å². The van der Waals surface area contributed by atoms with Crippen LogP contribution in [0.4, 0.5) is 0 Å². The molecule has 0 aliphatic carbocycles. The Kier molecular flexibility index (Phi) is 4.62. The molecule has 1 aromatic rings. The molecular weight excluding hydrogens is 250 g/mol. The van der Waals surface area contributed by atoms with E-state index >= 15 is 0 Å². The van der Waals surface area contributed by atoms with Crippen LogP contribution < -0.4 is 5.32 Å². The van der Waals surface area contributed by atoms with E-state index in [9.17, 15) is 4.79 Å². The standard InChI is InChI=1S/C9H12BrNOS/c1-11-4-2-3-8(12)9-5-7(10)6-13-9/h5-6,11H,2-4H2,1H3. The summed E-state index contributed by atoms with van der Waals surface area (Å²) in [5.74, 6) is 0.242. The van der Waals surface area contributed by atoms with Crippen LogP contribution >= 0.6 is 27.3 Å². The number of carbonyl (C=O) groups is 1. The molecule has 0 amide bonds. The van der Waals surface area contributed by atoms with Crippen LogP contribution in [0.25, 0.3) is 0 Å². The third kappa shape index (κ3) is 3.58. The summed E-state index contributed by atoms with van der Waals surface area (Å²) in [7, 11) is 1.90. The Morgan fingerprint density at radius 1 is 1.69 bits per heavy atom. The van der Waals surface area contributed by atoms with Crippen LogP contribution in [0.2, 0.25) is 0 Å². The minimum absolute atomic E-state index is 0.242. The summed E-state index contributed by atoms with van der Waals surface area (Å²) in [6.07, 6.45) is 1.54. The first kappa shape index (κ1) is 10.9. The molecule has 0 atom stereocenters. The first-order chi connectivity index (χ1) is 6.24. The van der Waals surface area contributed by atoms with E-state index in [0.717, 1.165) is 22.3 Å². The number of ketones is 1. The lowest BCUT2D eigenvalue weighted by atomic mass is 10.2. The van der Waals surface area contributed by atoms with Crippen molar-refractivity contribution >= 4 is 33.0 Å². The van der Waals surface area contributed by atoms with E-state index in [-0.39, 0.29) is 5.78 Å². The summed E-state index contributed by atoms with van der Waals surface area (Å²) in [5.41, 5.74) is 0. The molecule has 2 nitrogen and oxygen atoms in total. The predicted octanol–water partition coefficient (Wildman–Crippen LogP) is 2.69. The van der Waals surface area contributed by atoms with Gasteiger partial charge in [-0.1, -0.05) is 0 Å². The monoisotopic (exact) mass is 261 g/mol. The highest BCUT2D eigenvalue weighted by atomic mass is 79.9. The van der Waals surface area contributed by atoms with Gasteiger partial charge in [-0.05, 0) is 42.0 Å². The minimum atomic E-state index is 0.242. The van der Waals surface area contributed by atoms with Gasteiger partial charge in [-0.15, -0.1) is 11.3 Å². The number of rotatable bonds is 5. The van der Waals surface area contributed by atoms with Crippen molar-refractivity contribution < 1.29 is 4.79 Å². The molecule has 4 heteroatoms. The van der Waals surface area contributed by atoms with Crippen LogP contribution in [-0.4, -0.2) is 19.4 Å². The quantitative estimate of drug-likeness (QED) is 0.653. The SMILES string of the molecule is CNCCCC(=O)c1cc(Br)cs1. The molecule has 0 aliphatic heterocycles. The topological polar surface area (TPSA) is 29.1 Å². The van der Waals surface area contributed by atoms with Crippen LogP contribution in [0.15, 0.2) is 15.9 Å². The van der Waals surface area contributed by atoms with E-state index in [1.165, 1.54) is 11.3 Å². The highest BCUT2D eigenvalue weighted by molar-refractivity contribution is 9.10. The van der Waals surface area contributed by atoms with Crippen LogP contribution in [0, 0.1) is 0 Å². The molecule has 13 heavy (non-hydrogen) atoms. The van der Waals surface area contributed by atoms with Crippen molar-refractivity contribution in [2.45, 2.75) is 12.8 Å². The van der Waals surface area contributed by atoms with Gasteiger partial charge in [0.05, 0.1) is 4.88 Å². The molecule has 0 unspecified atom stereocenters.